The van der Waals surface area contributed by atoms with E-state index in [9.17, 15) is 10.1 Å². The predicted octanol–water partition coefficient (Wildman–Crippen LogP) is 2.28. The number of aromatic nitrogens is 2. The number of β-amino-alcohol motifs (C(OH)–C–C–N with tert-alkyl or cyclic N) is 1. The molecule has 0 amide bonds. The lowest BCUT2D eigenvalue weighted by atomic mass is 10.3. The summed E-state index contributed by atoms with van der Waals surface area (Å²) in [5, 5.41) is 20.0. The summed E-state index contributed by atoms with van der Waals surface area (Å²) in [7, 11) is 0. The van der Waals surface area contributed by atoms with Gasteiger partial charge in [0.1, 0.15) is 4.92 Å². The number of aryl methyl sites for hydroxylation is 1. The zero-order chi connectivity index (χ0) is 19.0. The fourth-order valence-corrected chi connectivity index (χ4v) is 4.20. The van der Waals surface area contributed by atoms with Gasteiger partial charge in [-0.3, -0.25) is 15.0 Å². The number of fused-ring (bicyclic) bond motifs is 1. The maximum Gasteiger partial charge on any atom is 0.433 e. The number of piperazine rings is 1. The number of thiophene rings is 1. The highest BCUT2D eigenvalue weighted by Gasteiger charge is 2.23. The van der Waals surface area contributed by atoms with Crippen LogP contribution in [-0.2, 0) is 0 Å². The number of hydrogen-bond donors (Lipinski definition) is 1. The first-order valence-electron chi connectivity index (χ1n) is 8.66. The molecule has 1 aliphatic rings. The van der Waals surface area contributed by atoms with Crippen molar-refractivity contribution in [2.24, 2.45) is 0 Å². The van der Waals surface area contributed by atoms with Crippen molar-refractivity contribution in [1.29, 1.82) is 0 Å². The fourth-order valence-electron chi connectivity index (χ4n) is 3.23. The van der Waals surface area contributed by atoms with Crippen LogP contribution in [0.2, 0.25) is 0 Å². The molecule has 9 nitrogen and oxygen atoms in total. The maximum absolute atomic E-state index is 10.9. The molecule has 1 fully saturated rings. The van der Waals surface area contributed by atoms with Crippen LogP contribution in [0, 0.1) is 17.0 Å². The zero-order valence-electron chi connectivity index (χ0n) is 14.8. The number of anilines is 1. The number of furan rings is 1. The number of hydrogen-bond acceptors (Lipinski definition) is 9. The van der Waals surface area contributed by atoms with Crippen LogP contribution >= 0.6 is 11.3 Å². The van der Waals surface area contributed by atoms with Gasteiger partial charge in [0.05, 0.1) is 22.9 Å². The highest BCUT2D eigenvalue weighted by atomic mass is 32.1. The van der Waals surface area contributed by atoms with E-state index in [4.69, 9.17) is 14.5 Å². The van der Waals surface area contributed by atoms with Crippen LogP contribution in [0.25, 0.3) is 21.8 Å². The van der Waals surface area contributed by atoms with E-state index in [1.54, 1.807) is 11.3 Å². The van der Waals surface area contributed by atoms with Crippen molar-refractivity contribution in [3.63, 3.8) is 0 Å². The van der Waals surface area contributed by atoms with Gasteiger partial charge in [0.2, 0.25) is 0 Å². The van der Waals surface area contributed by atoms with E-state index in [0.29, 0.717) is 12.4 Å². The Morgan fingerprint density at radius 3 is 2.74 bits per heavy atom. The van der Waals surface area contributed by atoms with Crippen LogP contribution in [0.4, 0.5) is 11.7 Å². The predicted molar refractivity (Wildman–Crippen MR) is 102 cm³/mol. The molecule has 1 aliphatic heterocycles. The Hall–Kier alpha value is -2.56. The maximum atomic E-state index is 10.9. The van der Waals surface area contributed by atoms with Crippen LogP contribution in [0.3, 0.4) is 0 Å². The van der Waals surface area contributed by atoms with Crippen molar-refractivity contribution in [2.45, 2.75) is 6.92 Å². The largest absolute Gasteiger partial charge is 0.433 e. The monoisotopic (exact) mass is 389 g/mol. The molecule has 1 saturated heterocycles. The lowest BCUT2D eigenvalue weighted by Crippen LogP contribution is -2.47. The van der Waals surface area contributed by atoms with Gasteiger partial charge >= 0.3 is 5.88 Å². The molecule has 1 N–H and O–H groups in total. The summed E-state index contributed by atoms with van der Waals surface area (Å²) in [6.07, 6.45) is 0. The molecule has 0 aliphatic carbocycles. The Bertz CT molecular complexity index is 977. The summed E-state index contributed by atoms with van der Waals surface area (Å²) in [5.41, 5.74) is 0.814. The van der Waals surface area contributed by atoms with Gasteiger partial charge < -0.3 is 14.4 Å². The van der Waals surface area contributed by atoms with Crippen LogP contribution in [0.1, 0.15) is 4.88 Å². The Morgan fingerprint density at radius 1 is 1.30 bits per heavy atom. The SMILES string of the molecule is Cc1cc2nc(-c3ccc([N+](=O)[O-])o3)nc(N3CCN(CCO)CC3)c2s1. The third-order valence-electron chi connectivity index (χ3n) is 4.56. The Kier molecular flexibility index (Phi) is 4.77. The second kappa shape index (κ2) is 7.22. The van der Waals surface area contributed by atoms with Crippen molar-refractivity contribution in [3.05, 3.63) is 33.2 Å². The lowest BCUT2D eigenvalue weighted by molar-refractivity contribution is -0.401. The Balaban J connectivity index is 1.71. The van der Waals surface area contributed by atoms with Gasteiger partial charge in [-0.1, -0.05) is 0 Å². The quantitative estimate of drug-likeness (QED) is 0.523. The van der Waals surface area contributed by atoms with E-state index in [2.05, 4.69) is 14.8 Å². The number of rotatable bonds is 5. The van der Waals surface area contributed by atoms with E-state index in [0.717, 1.165) is 47.1 Å². The van der Waals surface area contributed by atoms with Gasteiger partial charge in [-0.25, -0.2) is 9.97 Å². The van der Waals surface area contributed by atoms with E-state index in [1.807, 2.05) is 13.0 Å². The Labute approximate surface area is 159 Å². The second-order valence-electron chi connectivity index (χ2n) is 6.39. The summed E-state index contributed by atoms with van der Waals surface area (Å²) in [4.78, 5) is 25.1. The Morgan fingerprint density at radius 2 is 2.07 bits per heavy atom. The van der Waals surface area contributed by atoms with Crippen LogP contribution < -0.4 is 4.90 Å². The molecule has 0 atom stereocenters. The van der Waals surface area contributed by atoms with E-state index in [-0.39, 0.29) is 18.3 Å². The molecule has 4 rings (SSSR count). The smallest absolute Gasteiger partial charge is 0.397 e. The fraction of sp³-hybridized carbons (Fsp3) is 0.412. The summed E-state index contributed by atoms with van der Waals surface area (Å²) in [6, 6.07) is 4.84. The topological polar surface area (TPSA) is 109 Å². The highest BCUT2D eigenvalue weighted by Crippen LogP contribution is 2.35. The molecule has 0 unspecified atom stereocenters. The van der Waals surface area contributed by atoms with Crippen molar-refractivity contribution in [3.8, 4) is 11.6 Å². The molecule has 3 aromatic rings. The van der Waals surface area contributed by atoms with Gasteiger partial charge in [0, 0.05) is 37.6 Å². The molecular formula is C17H19N5O4S. The van der Waals surface area contributed by atoms with Crippen LogP contribution in [-0.4, -0.2) is 64.2 Å². The third-order valence-corrected chi connectivity index (χ3v) is 5.59. The van der Waals surface area contributed by atoms with E-state index in [1.165, 1.54) is 12.1 Å². The molecule has 3 aromatic heterocycles. The molecule has 27 heavy (non-hydrogen) atoms. The number of aliphatic hydroxyl groups is 1. The molecule has 142 valence electrons. The molecule has 0 radical (unpaired) electrons. The van der Waals surface area contributed by atoms with Gasteiger partial charge in [-0.05, 0) is 19.1 Å². The second-order valence-corrected chi connectivity index (χ2v) is 7.65. The standard InChI is InChI=1S/C17H19N5O4S/c1-11-10-12-15(27-11)17(21-6-4-20(5-7-21)8-9-23)19-16(18-12)13-2-3-14(26-13)22(24)25/h2-3,10,23H,4-9H2,1H3. The summed E-state index contributed by atoms with van der Waals surface area (Å²) < 4.78 is 6.31. The summed E-state index contributed by atoms with van der Waals surface area (Å²) in [6.45, 7) is 6.13. The third kappa shape index (κ3) is 3.51. The first-order valence-corrected chi connectivity index (χ1v) is 9.48. The average molecular weight is 389 g/mol. The minimum absolute atomic E-state index is 0.156. The molecule has 10 heteroatoms. The first-order chi connectivity index (χ1) is 13.0. The number of nitrogens with zero attached hydrogens (tertiary/aromatic N) is 5. The van der Waals surface area contributed by atoms with E-state index < -0.39 is 4.92 Å². The highest BCUT2D eigenvalue weighted by molar-refractivity contribution is 7.19. The normalized spacial score (nSPS) is 15.6. The number of nitro groups is 1. The van der Waals surface area contributed by atoms with Crippen molar-refractivity contribution in [1.82, 2.24) is 14.9 Å². The minimum atomic E-state index is -0.571. The first kappa shape index (κ1) is 17.8. The van der Waals surface area contributed by atoms with Crippen LogP contribution in [0.5, 0.6) is 0 Å². The molecule has 0 aromatic carbocycles. The average Bonchev–Trinajstić information content (AvgIpc) is 3.28. The summed E-state index contributed by atoms with van der Waals surface area (Å²) >= 11 is 1.64. The summed E-state index contributed by atoms with van der Waals surface area (Å²) in [5.74, 6) is 1.14. The molecular weight excluding hydrogens is 370 g/mol. The van der Waals surface area contributed by atoms with Crippen LogP contribution in [0.15, 0.2) is 22.6 Å². The van der Waals surface area contributed by atoms with Gasteiger partial charge in [0.25, 0.3) is 0 Å². The van der Waals surface area contributed by atoms with Gasteiger partial charge in [-0.15, -0.1) is 11.3 Å². The zero-order valence-corrected chi connectivity index (χ0v) is 15.6. The van der Waals surface area contributed by atoms with Crippen molar-refractivity contribution < 1.29 is 14.4 Å². The lowest BCUT2D eigenvalue weighted by Gasteiger charge is -2.35. The number of aliphatic hydroxyl groups excluding tert-OH is 1. The molecule has 0 bridgehead atoms. The van der Waals surface area contributed by atoms with E-state index >= 15 is 0 Å². The van der Waals surface area contributed by atoms with Gasteiger partial charge in [0.15, 0.2) is 17.4 Å². The molecule has 0 saturated carbocycles. The van der Waals surface area contributed by atoms with Crippen molar-refractivity contribution in [2.75, 3.05) is 44.2 Å². The van der Waals surface area contributed by atoms with Gasteiger partial charge in [-0.2, -0.15) is 0 Å². The minimum Gasteiger partial charge on any atom is -0.397 e. The molecule has 0 spiro atoms. The van der Waals surface area contributed by atoms with Crippen molar-refractivity contribution >= 4 is 33.3 Å². The molecule has 4 heterocycles.